The van der Waals surface area contributed by atoms with Gasteiger partial charge in [0.05, 0.1) is 12.6 Å². The molecule has 31 heavy (non-hydrogen) atoms. The predicted molar refractivity (Wildman–Crippen MR) is 115 cm³/mol. The number of aromatic hydroxyl groups is 1. The van der Waals surface area contributed by atoms with E-state index in [2.05, 4.69) is 10.6 Å². The Morgan fingerprint density at radius 3 is 2.58 bits per heavy atom. The summed E-state index contributed by atoms with van der Waals surface area (Å²) >= 11 is 0. The van der Waals surface area contributed by atoms with Gasteiger partial charge in [0.25, 0.3) is 0 Å². The second-order valence-electron chi connectivity index (χ2n) is 7.37. The Balaban J connectivity index is 2.45. The number of cyclic esters (lactones) is 1. The highest BCUT2D eigenvalue weighted by Gasteiger charge is 2.25. The number of rotatable bonds is 3. The molecular formula is C22H28N2O7. The molecule has 1 heterocycles. The van der Waals surface area contributed by atoms with Gasteiger partial charge in [-0.25, -0.2) is 4.79 Å². The monoisotopic (exact) mass is 432 g/mol. The first-order valence-corrected chi connectivity index (χ1v) is 9.91. The third-order valence-electron chi connectivity index (χ3n) is 5.01. The van der Waals surface area contributed by atoms with Crippen LogP contribution in [0.25, 0.3) is 6.08 Å². The molecule has 0 saturated carbocycles. The first-order chi connectivity index (χ1) is 14.6. The van der Waals surface area contributed by atoms with Crippen LogP contribution in [0.15, 0.2) is 30.4 Å². The van der Waals surface area contributed by atoms with E-state index in [-0.39, 0.29) is 41.7 Å². The van der Waals surface area contributed by atoms with Crippen LogP contribution in [0.5, 0.6) is 5.75 Å². The normalized spacial score (nSPS) is 26.7. The summed E-state index contributed by atoms with van der Waals surface area (Å²) in [6.07, 6.45) is 1.94. The van der Waals surface area contributed by atoms with Crippen LogP contribution in [0.3, 0.4) is 0 Å². The van der Waals surface area contributed by atoms with Gasteiger partial charge in [-0.15, -0.1) is 0 Å². The van der Waals surface area contributed by atoms with Crippen molar-refractivity contribution in [2.45, 2.75) is 38.6 Å². The SMILES string of the molecule is CNC(=O)CNc1cc(O)c2c(c1)/C=C/C[C@H](O)[C@H](O)C(=O)/C=C\[C@@H](C)[C@H](C)OC2=O. The van der Waals surface area contributed by atoms with Crippen LogP contribution < -0.4 is 10.6 Å². The lowest BCUT2D eigenvalue weighted by atomic mass is 9.99. The summed E-state index contributed by atoms with van der Waals surface area (Å²) in [5.41, 5.74) is 0.594. The molecule has 0 radical (unpaired) electrons. The number of fused-ring (bicyclic) bond motifs is 1. The third kappa shape index (κ3) is 6.40. The highest BCUT2D eigenvalue weighted by molar-refractivity contribution is 5.98. The van der Waals surface area contributed by atoms with Crippen LogP contribution in [0.4, 0.5) is 5.69 Å². The molecule has 1 aromatic rings. The number of esters is 1. The number of benzene rings is 1. The molecule has 0 aromatic heterocycles. The highest BCUT2D eigenvalue weighted by atomic mass is 16.5. The predicted octanol–water partition coefficient (Wildman–Crippen LogP) is 0.995. The van der Waals surface area contributed by atoms with Crippen molar-refractivity contribution in [2.24, 2.45) is 5.92 Å². The Labute approximate surface area is 180 Å². The van der Waals surface area contributed by atoms with Crippen LogP contribution in [0.2, 0.25) is 0 Å². The Kier molecular flexibility index (Phi) is 8.35. The van der Waals surface area contributed by atoms with Gasteiger partial charge in [-0.1, -0.05) is 25.2 Å². The molecule has 1 aliphatic heterocycles. The molecule has 0 spiro atoms. The van der Waals surface area contributed by atoms with E-state index < -0.39 is 30.1 Å². The number of hydrogen-bond acceptors (Lipinski definition) is 8. The smallest absolute Gasteiger partial charge is 0.342 e. The van der Waals surface area contributed by atoms with Crippen molar-refractivity contribution in [1.29, 1.82) is 0 Å². The maximum Gasteiger partial charge on any atom is 0.342 e. The van der Waals surface area contributed by atoms with Gasteiger partial charge in [0, 0.05) is 24.7 Å². The molecule has 0 aliphatic carbocycles. The quantitative estimate of drug-likeness (QED) is 0.445. The molecule has 5 N–H and O–H groups in total. The summed E-state index contributed by atoms with van der Waals surface area (Å²) < 4.78 is 5.46. The molecule has 0 saturated heterocycles. The van der Waals surface area contributed by atoms with Crippen molar-refractivity contribution in [3.8, 4) is 5.75 Å². The fraction of sp³-hybridized carbons (Fsp3) is 0.409. The van der Waals surface area contributed by atoms with Gasteiger partial charge in [0.15, 0.2) is 5.78 Å². The number of carbonyl (C=O) groups is 3. The molecule has 1 aromatic carbocycles. The first kappa shape index (κ1) is 24.1. The van der Waals surface area contributed by atoms with Gasteiger partial charge in [0.1, 0.15) is 23.5 Å². The largest absolute Gasteiger partial charge is 0.507 e. The molecule has 0 fully saturated rings. The van der Waals surface area contributed by atoms with E-state index in [4.69, 9.17) is 4.74 Å². The van der Waals surface area contributed by atoms with Crippen molar-refractivity contribution < 1.29 is 34.4 Å². The van der Waals surface area contributed by atoms with Crippen LogP contribution in [-0.4, -0.2) is 64.9 Å². The van der Waals surface area contributed by atoms with E-state index in [1.807, 2.05) is 0 Å². The van der Waals surface area contributed by atoms with E-state index in [0.29, 0.717) is 5.69 Å². The maximum absolute atomic E-state index is 12.8. The van der Waals surface area contributed by atoms with Crippen molar-refractivity contribution in [3.63, 3.8) is 0 Å². The number of carbonyl (C=O) groups excluding carboxylic acids is 3. The maximum atomic E-state index is 12.8. The van der Waals surface area contributed by atoms with E-state index >= 15 is 0 Å². The second-order valence-corrected chi connectivity index (χ2v) is 7.37. The van der Waals surface area contributed by atoms with E-state index in [1.54, 1.807) is 19.9 Å². The van der Waals surface area contributed by atoms with Crippen molar-refractivity contribution in [3.05, 3.63) is 41.5 Å². The van der Waals surface area contributed by atoms with Crippen LogP contribution in [0.1, 0.15) is 36.2 Å². The summed E-state index contributed by atoms with van der Waals surface area (Å²) in [6, 6.07) is 2.86. The number of aliphatic hydroxyl groups excluding tert-OH is 2. The molecular weight excluding hydrogens is 404 g/mol. The average molecular weight is 432 g/mol. The van der Waals surface area contributed by atoms with Gasteiger partial charge in [0.2, 0.25) is 5.91 Å². The molecule has 168 valence electrons. The molecule has 0 bridgehead atoms. The molecule has 9 nitrogen and oxygen atoms in total. The second kappa shape index (κ2) is 10.7. The number of anilines is 1. The van der Waals surface area contributed by atoms with Crippen LogP contribution >= 0.6 is 0 Å². The lowest BCUT2D eigenvalue weighted by molar-refractivity contribution is -0.127. The van der Waals surface area contributed by atoms with Gasteiger partial charge >= 0.3 is 5.97 Å². The number of amides is 1. The van der Waals surface area contributed by atoms with E-state index in [0.717, 1.165) is 6.08 Å². The van der Waals surface area contributed by atoms with Gasteiger partial charge in [-0.05, 0) is 31.1 Å². The molecule has 4 atom stereocenters. The van der Waals surface area contributed by atoms with Gasteiger partial charge in [-0.3, -0.25) is 9.59 Å². The molecule has 1 aliphatic rings. The van der Waals surface area contributed by atoms with Crippen molar-refractivity contribution in [2.75, 3.05) is 18.9 Å². The minimum atomic E-state index is -1.60. The number of ketones is 1. The fourth-order valence-corrected chi connectivity index (χ4v) is 2.87. The fourth-order valence-electron chi connectivity index (χ4n) is 2.87. The van der Waals surface area contributed by atoms with Crippen LogP contribution in [0, 0.1) is 5.92 Å². The number of hydrogen-bond donors (Lipinski definition) is 5. The lowest BCUT2D eigenvalue weighted by Crippen LogP contribution is -2.32. The van der Waals surface area contributed by atoms with Gasteiger partial charge in [-0.2, -0.15) is 0 Å². The zero-order valence-corrected chi connectivity index (χ0v) is 17.7. The number of likely N-dealkylation sites (N-methyl/N-ethyl adjacent to an activating group) is 1. The Morgan fingerprint density at radius 2 is 1.90 bits per heavy atom. The van der Waals surface area contributed by atoms with E-state index in [9.17, 15) is 29.7 Å². The Morgan fingerprint density at radius 1 is 1.19 bits per heavy atom. The standard InChI is InChI=1S/C22H28N2O7/c1-12-7-8-17(26)21(29)16(25)6-4-5-14-9-15(24-11-19(28)23-3)10-18(27)20(14)22(30)31-13(12)2/h4-5,7-10,12-13,16,21,24-25,27,29H,6,11H2,1-3H3,(H,23,28)/b5-4+,8-7-/t12-,13+,16+,21+/m1/s1. The van der Waals surface area contributed by atoms with Crippen molar-refractivity contribution >= 4 is 29.4 Å². The minimum absolute atomic E-state index is 0.0449. The molecule has 2 rings (SSSR count). The molecule has 9 heteroatoms. The molecule has 0 unspecified atom stereocenters. The topological polar surface area (TPSA) is 145 Å². The number of ether oxygens (including phenoxy) is 1. The first-order valence-electron chi connectivity index (χ1n) is 9.91. The summed E-state index contributed by atoms with van der Waals surface area (Å²) in [4.78, 5) is 36.3. The number of phenolic OH excluding ortho intramolecular Hbond substituents is 1. The highest BCUT2D eigenvalue weighted by Crippen LogP contribution is 2.29. The number of aliphatic hydroxyl groups is 2. The Hall–Kier alpha value is -3.17. The molecule has 1 amide bonds. The number of nitrogens with one attached hydrogen (secondary N) is 2. The minimum Gasteiger partial charge on any atom is -0.507 e. The zero-order chi connectivity index (χ0) is 23.1. The zero-order valence-electron chi connectivity index (χ0n) is 17.7. The van der Waals surface area contributed by atoms with Crippen LogP contribution in [-0.2, 0) is 14.3 Å². The Bertz CT molecular complexity index is 894. The summed E-state index contributed by atoms with van der Waals surface area (Å²) in [5, 5.41) is 35.9. The number of phenols is 1. The summed E-state index contributed by atoms with van der Waals surface area (Å²) in [7, 11) is 1.49. The van der Waals surface area contributed by atoms with Gasteiger partial charge < -0.3 is 30.7 Å². The lowest BCUT2D eigenvalue weighted by Gasteiger charge is -2.20. The summed E-state index contributed by atoms with van der Waals surface area (Å²) in [5.74, 6) is -2.39. The summed E-state index contributed by atoms with van der Waals surface area (Å²) in [6.45, 7) is 3.32. The van der Waals surface area contributed by atoms with Crippen molar-refractivity contribution in [1.82, 2.24) is 5.32 Å². The third-order valence-corrected chi connectivity index (χ3v) is 5.01. The van der Waals surface area contributed by atoms with E-state index in [1.165, 1.54) is 31.3 Å². The average Bonchev–Trinajstić information content (AvgIpc) is 2.73.